The van der Waals surface area contributed by atoms with Crippen LogP contribution in [-0.4, -0.2) is 11.5 Å². The SMILES string of the molecule is CSC(C)[CH]c1ccc(Cl)s1. The van der Waals surface area contributed by atoms with E-state index in [1.807, 2.05) is 17.8 Å². The Hall–Kier alpha value is 0.340. The third-order valence-corrected chi connectivity index (χ3v) is 3.44. The number of hydrogen-bond acceptors (Lipinski definition) is 2. The lowest BCUT2D eigenvalue weighted by atomic mass is 10.3. The zero-order valence-electron chi connectivity index (χ0n) is 6.50. The van der Waals surface area contributed by atoms with Gasteiger partial charge in [-0.3, -0.25) is 0 Å². The smallest absolute Gasteiger partial charge is 0.0931 e. The molecule has 1 rings (SSSR count). The van der Waals surface area contributed by atoms with Gasteiger partial charge in [0.2, 0.25) is 0 Å². The van der Waals surface area contributed by atoms with E-state index < -0.39 is 0 Å². The molecule has 0 aliphatic rings. The van der Waals surface area contributed by atoms with Crippen LogP contribution in [0, 0.1) is 6.42 Å². The number of thioether (sulfide) groups is 1. The second kappa shape index (κ2) is 4.39. The largest absolute Gasteiger partial charge is 0.162 e. The van der Waals surface area contributed by atoms with Gasteiger partial charge in [-0.2, -0.15) is 11.8 Å². The fourth-order valence-corrected chi connectivity index (χ4v) is 2.19. The highest BCUT2D eigenvalue weighted by Crippen LogP contribution is 2.25. The van der Waals surface area contributed by atoms with Gasteiger partial charge in [-0.05, 0) is 18.4 Å². The molecule has 0 N–H and O–H groups in total. The summed E-state index contributed by atoms with van der Waals surface area (Å²) in [4.78, 5) is 1.26. The van der Waals surface area contributed by atoms with Gasteiger partial charge >= 0.3 is 0 Å². The molecule has 1 radical (unpaired) electrons. The molecule has 0 saturated heterocycles. The summed E-state index contributed by atoms with van der Waals surface area (Å²) in [7, 11) is 0. The molecule has 1 aromatic rings. The normalized spacial score (nSPS) is 13.4. The van der Waals surface area contributed by atoms with Crippen molar-refractivity contribution in [1.29, 1.82) is 0 Å². The molecule has 0 spiro atoms. The van der Waals surface area contributed by atoms with Crippen LogP contribution < -0.4 is 0 Å². The minimum absolute atomic E-state index is 0.574. The lowest BCUT2D eigenvalue weighted by Crippen LogP contribution is -1.94. The molecule has 1 atom stereocenters. The van der Waals surface area contributed by atoms with Crippen molar-refractivity contribution >= 4 is 34.7 Å². The first-order chi connectivity index (χ1) is 5.22. The van der Waals surface area contributed by atoms with Gasteiger partial charge in [0.1, 0.15) is 0 Å². The van der Waals surface area contributed by atoms with E-state index in [9.17, 15) is 0 Å². The van der Waals surface area contributed by atoms with Gasteiger partial charge < -0.3 is 0 Å². The Labute approximate surface area is 81.0 Å². The van der Waals surface area contributed by atoms with Crippen LogP contribution in [0.5, 0.6) is 0 Å². The van der Waals surface area contributed by atoms with Crippen molar-refractivity contribution in [2.75, 3.05) is 6.26 Å². The third kappa shape index (κ3) is 3.06. The molecule has 0 amide bonds. The predicted molar refractivity (Wildman–Crippen MR) is 55.7 cm³/mol. The summed E-state index contributed by atoms with van der Waals surface area (Å²) in [5.74, 6) is 0. The molecule has 0 aliphatic carbocycles. The Morgan fingerprint density at radius 1 is 1.64 bits per heavy atom. The van der Waals surface area contributed by atoms with Crippen molar-refractivity contribution in [2.24, 2.45) is 0 Å². The Kier molecular flexibility index (Phi) is 3.76. The average Bonchev–Trinajstić information content (AvgIpc) is 2.35. The van der Waals surface area contributed by atoms with Crippen molar-refractivity contribution in [3.05, 3.63) is 27.8 Å². The molecule has 0 saturated carbocycles. The number of thiophene rings is 1. The quantitative estimate of drug-likeness (QED) is 0.725. The molecule has 1 unspecified atom stereocenters. The number of rotatable bonds is 3. The van der Waals surface area contributed by atoms with Crippen molar-refractivity contribution in [2.45, 2.75) is 12.2 Å². The van der Waals surface area contributed by atoms with Crippen LogP contribution in [0.3, 0.4) is 0 Å². The van der Waals surface area contributed by atoms with Crippen LogP contribution in [0.15, 0.2) is 12.1 Å². The minimum Gasteiger partial charge on any atom is -0.162 e. The maximum absolute atomic E-state index is 5.78. The van der Waals surface area contributed by atoms with Crippen molar-refractivity contribution in [3.63, 3.8) is 0 Å². The lowest BCUT2D eigenvalue weighted by molar-refractivity contribution is 1.16. The number of hydrogen-bond donors (Lipinski definition) is 0. The third-order valence-electron chi connectivity index (χ3n) is 1.36. The molecule has 0 aromatic carbocycles. The summed E-state index contributed by atoms with van der Waals surface area (Å²) in [6, 6.07) is 3.99. The topological polar surface area (TPSA) is 0 Å². The van der Waals surface area contributed by atoms with E-state index in [2.05, 4.69) is 25.7 Å². The van der Waals surface area contributed by atoms with E-state index in [-0.39, 0.29) is 0 Å². The maximum atomic E-state index is 5.78. The molecule has 61 valence electrons. The van der Waals surface area contributed by atoms with Gasteiger partial charge in [0, 0.05) is 16.5 Å². The van der Waals surface area contributed by atoms with Gasteiger partial charge in [0.25, 0.3) is 0 Å². The van der Waals surface area contributed by atoms with Crippen LogP contribution in [0.4, 0.5) is 0 Å². The first-order valence-electron chi connectivity index (χ1n) is 3.35. The predicted octanol–water partition coefficient (Wildman–Crippen LogP) is 3.71. The summed E-state index contributed by atoms with van der Waals surface area (Å²) >= 11 is 9.24. The summed E-state index contributed by atoms with van der Waals surface area (Å²) < 4.78 is 0.865. The molecular weight excluding hydrogens is 196 g/mol. The van der Waals surface area contributed by atoms with Gasteiger partial charge in [0.05, 0.1) is 4.34 Å². The molecule has 0 fully saturated rings. The molecule has 0 bridgehead atoms. The number of halogens is 1. The monoisotopic (exact) mass is 205 g/mol. The molecule has 3 heteroatoms. The van der Waals surface area contributed by atoms with E-state index in [1.54, 1.807) is 11.3 Å². The first-order valence-corrected chi connectivity index (χ1v) is 5.83. The van der Waals surface area contributed by atoms with E-state index in [0.29, 0.717) is 5.25 Å². The molecule has 0 nitrogen and oxygen atoms in total. The second-order valence-corrected chi connectivity index (χ2v) is 5.21. The van der Waals surface area contributed by atoms with Crippen molar-refractivity contribution in [1.82, 2.24) is 0 Å². The van der Waals surface area contributed by atoms with Crippen LogP contribution in [0.25, 0.3) is 0 Å². The minimum atomic E-state index is 0.574. The fourth-order valence-electron chi connectivity index (χ4n) is 0.717. The van der Waals surface area contributed by atoms with Gasteiger partial charge in [0.15, 0.2) is 0 Å². The Bertz CT molecular complexity index is 220. The van der Waals surface area contributed by atoms with Crippen molar-refractivity contribution < 1.29 is 0 Å². The van der Waals surface area contributed by atoms with E-state index in [4.69, 9.17) is 11.6 Å². The molecule has 11 heavy (non-hydrogen) atoms. The summed E-state index contributed by atoms with van der Waals surface area (Å²) in [6.45, 7) is 2.18. The van der Waals surface area contributed by atoms with Gasteiger partial charge in [-0.1, -0.05) is 18.5 Å². The van der Waals surface area contributed by atoms with E-state index in [0.717, 1.165) is 4.34 Å². The molecule has 1 heterocycles. The molecular formula is C8H10ClS2. The standard InChI is InChI=1S/C8H10ClS2/c1-6(10-2)5-7-3-4-8(9)11-7/h3-6H,1-2H3. The first kappa shape index (κ1) is 9.43. The zero-order valence-corrected chi connectivity index (χ0v) is 8.89. The highest BCUT2D eigenvalue weighted by molar-refractivity contribution is 7.99. The highest BCUT2D eigenvalue weighted by Gasteiger charge is 2.03. The Balaban J connectivity index is 2.50. The average molecular weight is 206 g/mol. The van der Waals surface area contributed by atoms with Crippen LogP contribution in [-0.2, 0) is 0 Å². The highest BCUT2D eigenvalue weighted by atomic mass is 35.5. The lowest BCUT2D eigenvalue weighted by Gasteiger charge is -2.03. The second-order valence-electron chi connectivity index (χ2n) is 2.25. The van der Waals surface area contributed by atoms with Gasteiger partial charge in [-0.25, -0.2) is 0 Å². The van der Waals surface area contributed by atoms with Crippen LogP contribution >= 0.6 is 34.7 Å². The summed E-state index contributed by atoms with van der Waals surface area (Å²) in [5.41, 5.74) is 0. The summed E-state index contributed by atoms with van der Waals surface area (Å²) in [6.07, 6.45) is 4.33. The van der Waals surface area contributed by atoms with Gasteiger partial charge in [-0.15, -0.1) is 11.3 Å². The van der Waals surface area contributed by atoms with Crippen molar-refractivity contribution in [3.8, 4) is 0 Å². The van der Waals surface area contributed by atoms with E-state index >= 15 is 0 Å². The zero-order chi connectivity index (χ0) is 8.27. The maximum Gasteiger partial charge on any atom is 0.0931 e. The Morgan fingerprint density at radius 2 is 2.36 bits per heavy atom. The molecule has 1 aromatic heterocycles. The van der Waals surface area contributed by atoms with Crippen LogP contribution in [0.2, 0.25) is 4.34 Å². The Morgan fingerprint density at radius 3 is 2.82 bits per heavy atom. The summed E-state index contributed by atoms with van der Waals surface area (Å²) in [5, 5.41) is 0.574. The van der Waals surface area contributed by atoms with Crippen LogP contribution in [0.1, 0.15) is 11.8 Å². The fraction of sp³-hybridized carbons (Fsp3) is 0.375. The molecule has 0 aliphatic heterocycles. The van der Waals surface area contributed by atoms with E-state index in [1.165, 1.54) is 4.88 Å².